The van der Waals surface area contributed by atoms with Crippen LogP contribution < -0.4 is 5.73 Å². The lowest BCUT2D eigenvalue weighted by molar-refractivity contribution is 0.769. The molecule has 0 atom stereocenters. The molecule has 1 heterocycles. The average Bonchev–Trinajstić information content (AvgIpc) is 2.56. The molecule has 0 spiro atoms. The molecular weight excluding hydrogens is 302 g/mol. The fourth-order valence-corrected chi connectivity index (χ4v) is 2.49. The van der Waals surface area contributed by atoms with Gasteiger partial charge in [-0.15, -0.1) is 0 Å². The number of halogens is 2. The molecule has 0 aliphatic heterocycles. The number of benzene rings is 1. The lowest BCUT2D eigenvalue weighted by Gasteiger charge is -2.04. The van der Waals surface area contributed by atoms with Gasteiger partial charge >= 0.3 is 0 Å². The van der Waals surface area contributed by atoms with Crippen molar-refractivity contribution in [1.29, 1.82) is 0 Å². The standard InChI is InChI=1S/C12H13BrClN3/c1-7(2)11-10(13)12(15)17(16-11)9-5-3-4-8(14)6-9/h3-7H,15H2,1-2H3. The van der Waals surface area contributed by atoms with Gasteiger partial charge in [0, 0.05) is 5.02 Å². The monoisotopic (exact) mass is 313 g/mol. The van der Waals surface area contributed by atoms with E-state index >= 15 is 0 Å². The van der Waals surface area contributed by atoms with E-state index in [1.54, 1.807) is 4.68 Å². The van der Waals surface area contributed by atoms with E-state index in [-0.39, 0.29) is 0 Å². The van der Waals surface area contributed by atoms with Gasteiger partial charge in [0.15, 0.2) is 0 Å². The third kappa shape index (κ3) is 2.33. The van der Waals surface area contributed by atoms with E-state index < -0.39 is 0 Å². The molecule has 1 aromatic carbocycles. The van der Waals surface area contributed by atoms with E-state index in [1.807, 2.05) is 24.3 Å². The first-order valence-electron chi connectivity index (χ1n) is 5.30. The van der Waals surface area contributed by atoms with Gasteiger partial charge in [-0.05, 0) is 40.0 Å². The molecule has 0 aliphatic carbocycles. The molecule has 0 amide bonds. The molecule has 0 radical (unpaired) electrons. The second-order valence-electron chi connectivity index (χ2n) is 4.13. The molecule has 5 heteroatoms. The minimum atomic E-state index is 0.312. The SMILES string of the molecule is CC(C)c1nn(-c2cccc(Cl)c2)c(N)c1Br. The van der Waals surface area contributed by atoms with Crippen molar-refractivity contribution in [3.63, 3.8) is 0 Å². The number of hydrogen-bond acceptors (Lipinski definition) is 2. The molecule has 0 saturated carbocycles. The molecule has 90 valence electrons. The largest absolute Gasteiger partial charge is 0.383 e. The highest BCUT2D eigenvalue weighted by Gasteiger charge is 2.16. The third-order valence-electron chi connectivity index (χ3n) is 2.49. The molecule has 0 unspecified atom stereocenters. The average molecular weight is 315 g/mol. The van der Waals surface area contributed by atoms with Crippen LogP contribution in [-0.2, 0) is 0 Å². The van der Waals surface area contributed by atoms with Crippen molar-refractivity contribution in [3.8, 4) is 5.69 Å². The Hall–Kier alpha value is -1.00. The molecule has 17 heavy (non-hydrogen) atoms. The van der Waals surface area contributed by atoms with Gasteiger partial charge in [-0.25, -0.2) is 4.68 Å². The molecule has 2 N–H and O–H groups in total. The van der Waals surface area contributed by atoms with Crippen molar-refractivity contribution >= 4 is 33.3 Å². The highest BCUT2D eigenvalue weighted by Crippen LogP contribution is 2.31. The normalized spacial score (nSPS) is 11.1. The highest BCUT2D eigenvalue weighted by molar-refractivity contribution is 9.10. The number of rotatable bonds is 2. The van der Waals surface area contributed by atoms with Crippen molar-refractivity contribution in [2.45, 2.75) is 19.8 Å². The quantitative estimate of drug-likeness (QED) is 0.910. The van der Waals surface area contributed by atoms with Crippen LogP contribution in [0.25, 0.3) is 5.69 Å². The van der Waals surface area contributed by atoms with Crippen LogP contribution in [0.4, 0.5) is 5.82 Å². The van der Waals surface area contributed by atoms with Crippen LogP contribution in [0.5, 0.6) is 0 Å². The van der Waals surface area contributed by atoms with Crippen LogP contribution in [-0.4, -0.2) is 9.78 Å². The maximum atomic E-state index is 6.03. The molecule has 3 nitrogen and oxygen atoms in total. The Labute approximate surface area is 114 Å². The zero-order chi connectivity index (χ0) is 12.6. The maximum Gasteiger partial charge on any atom is 0.141 e. The summed E-state index contributed by atoms with van der Waals surface area (Å²) in [5.74, 6) is 0.906. The first-order valence-corrected chi connectivity index (χ1v) is 6.47. The summed E-state index contributed by atoms with van der Waals surface area (Å²) in [6.45, 7) is 4.16. The summed E-state index contributed by atoms with van der Waals surface area (Å²) in [5, 5.41) is 5.17. The number of hydrogen-bond donors (Lipinski definition) is 1. The maximum absolute atomic E-state index is 6.03. The van der Waals surface area contributed by atoms with E-state index in [9.17, 15) is 0 Å². The number of nitrogens with zero attached hydrogens (tertiary/aromatic N) is 2. The number of aromatic nitrogens is 2. The van der Waals surface area contributed by atoms with Crippen molar-refractivity contribution in [2.24, 2.45) is 0 Å². The van der Waals surface area contributed by atoms with Crippen LogP contribution in [0.3, 0.4) is 0 Å². The second kappa shape index (κ2) is 4.70. The smallest absolute Gasteiger partial charge is 0.141 e. The van der Waals surface area contributed by atoms with Crippen LogP contribution in [0.2, 0.25) is 5.02 Å². The van der Waals surface area contributed by atoms with Gasteiger partial charge in [0.1, 0.15) is 5.82 Å². The first kappa shape index (κ1) is 12.5. The Bertz CT molecular complexity index is 549. The molecule has 0 saturated heterocycles. The Kier molecular flexibility index (Phi) is 3.45. The summed E-state index contributed by atoms with van der Waals surface area (Å²) < 4.78 is 2.55. The van der Waals surface area contributed by atoms with Crippen LogP contribution in [0.15, 0.2) is 28.7 Å². The van der Waals surface area contributed by atoms with E-state index in [0.717, 1.165) is 15.9 Å². The van der Waals surface area contributed by atoms with E-state index in [4.69, 9.17) is 17.3 Å². The third-order valence-corrected chi connectivity index (χ3v) is 3.53. The van der Waals surface area contributed by atoms with Gasteiger partial charge in [-0.2, -0.15) is 5.10 Å². The Morgan fingerprint density at radius 3 is 2.65 bits per heavy atom. The van der Waals surface area contributed by atoms with Crippen molar-refractivity contribution < 1.29 is 0 Å². The molecule has 0 aliphatic rings. The van der Waals surface area contributed by atoms with Crippen molar-refractivity contribution in [3.05, 3.63) is 39.5 Å². The summed E-state index contributed by atoms with van der Waals surface area (Å²) in [5.41, 5.74) is 7.84. The molecule has 2 aromatic rings. The van der Waals surface area contributed by atoms with Crippen LogP contribution in [0.1, 0.15) is 25.5 Å². The Balaban J connectivity index is 2.57. The minimum absolute atomic E-state index is 0.312. The summed E-state index contributed by atoms with van der Waals surface area (Å²) in [7, 11) is 0. The van der Waals surface area contributed by atoms with Gasteiger partial charge in [0.25, 0.3) is 0 Å². The number of anilines is 1. The number of nitrogens with two attached hydrogens (primary N) is 1. The van der Waals surface area contributed by atoms with Crippen molar-refractivity contribution in [2.75, 3.05) is 5.73 Å². The van der Waals surface area contributed by atoms with Crippen LogP contribution >= 0.6 is 27.5 Å². The molecule has 2 rings (SSSR count). The lowest BCUT2D eigenvalue weighted by Crippen LogP contribution is -2.02. The highest BCUT2D eigenvalue weighted by atomic mass is 79.9. The first-order chi connectivity index (χ1) is 8.00. The lowest BCUT2D eigenvalue weighted by atomic mass is 10.1. The molecule has 0 bridgehead atoms. The van der Waals surface area contributed by atoms with Gasteiger partial charge in [-0.3, -0.25) is 0 Å². The van der Waals surface area contributed by atoms with Gasteiger partial charge in [0.2, 0.25) is 0 Å². The van der Waals surface area contributed by atoms with Crippen molar-refractivity contribution in [1.82, 2.24) is 9.78 Å². The minimum Gasteiger partial charge on any atom is -0.383 e. The second-order valence-corrected chi connectivity index (χ2v) is 5.36. The predicted molar refractivity (Wildman–Crippen MR) is 74.8 cm³/mol. The predicted octanol–water partition coefficient (Wildman–Crippen LogP) is 3.99. The summed E-state index contributed by atoms with van der Waals surface area (Å²) in [6, 6.07) is 7.46. The fraction of sp³-hybridized carbons (Fsp3) is 0.250. The zero-order valence-corrected chi connectivity index (χ0v) is 12.0. The van der Waals surface area contributed by atoms with Crippen LogP contribution in [0, 0.1) is 0 Å². The molecular formula is C12H13BrClN3. The van der Waals surface area contributed by atoms with Gasteiger partial charge < -0.3 is 5.73 Å². The van der Waals surface area contributed by atoms with E-state index in [0.29, 0.717) is 16.8 Å². The summed E-state index contributed by atoms with van der Waals surface area (Å²) in [4.78, 5) is 0. The van der Waals surface area contributed by atoms with E-state index in [2.05, 4.69) is 34.9 Å². The van der Waals surface area contributed by atoms with Gasteiger partial charge in [-0.1, -0.05) is 31.5 Å². The topological polar surface area (TPSA) is 43.8 Å². The Morgan fingerprint density at radius 1 is 1.41 bits per heavy atom. The zero-order valence-electron chi connectivity index (χ0n) is 9.61. The van der Waals surface area contributed by atoms with E-state index in [1.165, 1.54) is 0 Å². The molecule has 0 fully saturated rings. The fourth-order valence-electron chi connectivity index (χ4n) is 1.60. The van der Waals surface area contributed by atoms with Gasteiger partial charge in [0.05, 0.1) is 15.9 Å². The summed E-state index contributed by atoms with van der Waals surface area (Å²) >= 11 is 9.44. The molecule has 1 aromatic heterocycles. The number of nitrogen functional groups attached to an aromatic ring is 1. The summed E-state index contributed by atoms with van der Waals surface area (Å²) in [6.07, 6.45) is 0. The Morgan fingerprint density at radius 2 is 2.12 bits per heavy atom.